The van der Waals surface area contributed by atoms with E-state index in [0.29, 0.717) is 0 Å². The molecule has 3 aliphatic heterocycles. The Labute approximate surface area is 155 Å². The lowest BCUT2D eigenvalue weighted by molar-refractivity contribution is 0.221. The van der Waals surface area contributed by atoms with E-state index in [4.69, 9.17) is 4.99 Å². The molecule has 0 unspecified atom stereocenters. The molecule has 0 N–H and O–H groups in total. The fraction of sp³-hybridized carbons (Fsp3) is 0.348. The maximum absolute atomic E-state index is 4.76. The molecule has 1 saturated heterocycles. The van der Waals surface area contributed by atoms with Gasteiger partial charge in [-0.2, -0.15) is 0 Å². The number of aliphatic imine (C=N–C) groups is 1. The van der Waals surface area contributed by atoms with E-state index >= 15 is 0 Å². The number of amidine groups is 1. The summed E-state index contributed by atoms with van der Waals surface area (Å²) in [5, 5.41) is 0. The lowest BCUT2D eigenvalue weighted by Crippen LogP contribution is -2.30. The van der Waals surface area contributed by atoms with E-state index in [9.17, 15) is 0 Å². The molecule has 2 aromatic carbocycles. The van der Waals surface area contributed by atoms with Crippen molar-refractivity contribution in [3.8, 4) is 0 Å². The molecule has 0 spiro atoms. The third kappa shape index (κ3) is 2.86. The summed E-state index contributed by atoms with van der Waals surface area (Å²) in [5.74, 6) is 1.13. The minimum absolute atomic E-state index is 0.883. The monoisotopic (exact) mass is 343 g/mol. The average molecular weight is 343 g/mol. The van der Waals surface area contributed by atoms with Gasteiger partial charge in [-0.05, 0) is 48.7 Å². The highest BCUT2D eigenvalue weighted by Gasteiger charge is 2.28. The molecule has 0 bridgehead atoms. The van der Waals surface area contributed by atoms with E-state index in [2.05, 4.69) is 64.4 Å². The maximum atomic E-state index is 4.76. The van der Waals surface area contributed by atoms with Crippen LogP contribution in [0.15, 0.2) is 53.5 Å². The Morgan fingerprint density at radius 1 is 0.846 bits per heavy atom. The molecule has 3 aliphatic rings. The lowest BCUT2D eigenvalue weighted by atomic mass is 9.97. The predicted molar refractivity (Wildman–Crippen MR) is 108 cm³/mol. The maximum Gasteiger partial charge on any atom is 0.136 e. The van der Waals surface area contributed by atoms with Crippen LogP contribution in [0.4, 0.5) is 0 Å². The second-order valence-electron chi connectivity index (χ2n) is 7.51. The fourth-order valence-electron chi connectivity index (χ4n) is 4.36. The van der Waals surface area contributed by atoms with Gasteiger partial charge in [0.2, 0.25) is 0 Å². The molecule has 0 aromatic heterocycles. The molecule has 3 nitrogen and oxygen atoms in total. The van der Waals surface area contributed by atoms with Crippen LogP contribution >= 0.6 is 0 Å². The first-order chi connectivity index (χ1) is 12.9. The number of rotatable bonds is 3. The van der Waals surface area contributed by atoms with Crippen molar-refractivity contribution in [1.29, 1.82) is 0 Å². The van der Waals surface area contributed by atoms with Crippen LogP contribution in [0.2, 0.25) is 0 Å². The van der Waals surface area contributed by atoms with Crippen LogP contribution in [0.1, 0.15) is 41.5 Å². The standard InChI is InChI=1S/C23H25N3/c1-4-13-25(14-5-1)17-18-8-10-19(11-9-18)22-16-20-6-2-3-7-21(20)23-24-12-15-26(22)23/h2-3,6-11,16H,1,4-5,12-15,17H2. The summed E-state index contributed by atoms with van der Waals surface area (Å²) < 4.78 is 0. The molecule has 26 heavy (non-hydrogen) atoms. The van der Waals surface area contributed by atoms with Gasteiger partial charge in [0.15, 0.2) is 0 Å². The first-order valence-electron chi connectivity index (χ1n) is 9.83. The fourth-order valence-corrected chi connectivity index (χ4v) is 4.36. The summed E-state index contributed by atoms with van der Waals surface area (Å²) >= 11 is 0. The van der Waals surface area contributed by atoms with Gasteiger partial charge in [0.25, 0.3) is 0 Å². The van der Waals surface area contributed by atoms with Gasteiger partial charge in [0, 0.05) is 18.7 Å². The summed E-state index contributed by atoms with van der Waals surface area (Å²) in [4.78, 5) is 9.72. The van der Waals surface area contributed by atoms with Crippen LogP contribution in [0.5, 0.6) is 0 Å². The number of hydrogen-bond acceptors (Lipinski definition) is 3. The zero-order chi connectivity index (χ0) is 17.3. The number of nitrogens with zero attached hydrogens (tertiary/aromatic N) is 3. The molecule has 0 amide bonds. The molecular formula is C23H25N3. The summed E-state index contributed by atoms with van der Waals surface area (Å²) in [6, 6.07) is 17.8. The van der Waals surface area contributed by atoms with Crippen molar-refractivity contribution in [3.05, 3.63) is 70.8 Å². The number of fused-ring (bicyclic) bond motifs is 3. The highest BCUT2D eigenvalue weighted by molar-refractivity contribution is 6.12. The van der Waals surface area contributed by atoms with E-state index in [1.165, 1.54) is 60.3 Å². The van der Waals surface area contributed by atoms with Crippen molar-refractivity contribution in [3.63, 3.8) is 0 Å². The van der Waals surface area contributed by atoms with E-state index in [1.807, 2.05) is 0 Å². The lowest BCUT2D eigenvalue weighted by Gasteiger charge is -2.29. The zero-order valence-electron chi connectivity index (χ0n) is 15.2. The molecule has 2 aromatic rings. The highest BCUT2D eigenvalue weighted by atomic mass is 15.3. The Balaban J connectivity index is 1.42. The molecule has 0 saturated carbocycles. The van der Waals surface area contributed by atoms with Crippen molar-refractivity contribution >= 4 is 17.6 Å². The van der Waals surface area contributed by atoms with Gasteiger partial charge in [0.1, 0.15) is 5.84 Å². The summed E-state index contributed by atoms with van der Waals surface area (Å²) in [7, 11) is 0. The minimum Gasteiger partial charge on any atom is -0.324 e. The number of likely N-dealkylation sites (tertiary alicyclic amines) is 1. The molecule has 5 rings (SSSR count). The molecule has 0 radical (unpaired) electrons. The number of piperidine rings is 1. The van der Waals surface area contributed by atoms with Gasteiger partial charge >= 0.3 is 0 Å². The third-order valence-corrected chi connectivity index (χ3v) is 5.73. The van der Waals surface area contributed by atoms with E-state index in [1.54, 1.807) is 0 Å². The highest BCUT2D eigenvalue weighted by Crippen LogP contribution is 2.33. The molecule has 0 atom stereocenters. The SMILES string of the molecule is C1=C(c2ccc(CN3CCCCC3)cc2)N2CCN=C2c2ccccc21. The zero-order valence-corrected chi connectivity index (χ0v) is 15.2. The summed E-state index contributed by atoms with van der Waals surface area (Å²) in [6.45, 7) is 5.44. The molecule has 1 fully saturated rings. The van der Waals surface area contributed by atoms with Crippen molar-refractivity contribution in [2.45, 2.75) is 25.8 Å². The normalized spacial score (nSPS) is 19.6. The Bertz CT molecular complexity index is 857. The molecule has 0 aliphatic carbocycles. The van der Waals surface area contributed by atoms with Crippen molar-refractivity contribution in [2.75, 3.05) is 26.2 Å². The minimum atomic E-state index is 0.883. The third-order valence-electron chi connectivity index (χ3n) is 5.73. The topological polar surface area (TPSA) is 18.8 Å². The van der Waals surface area contributed by atoms with Crippen molar-refractivity contribution in [2.24, 2.45) is 4.99 Å². The molecule has 132 valence electrons. The predicted octanol–water partition coefficient (Wildman–Crippen LogP) is 4.25. The largest absolute Gasteiger partial charge is 0.324 e. The Morgan fingerprint density at radius 2 is 1.65 bits per heavy atom. The van der Waals surface area contributed by atoms with Gasteiger partial charge in [-0.3, -0.25) is 9.89 Å². The smallest absolute Gasteiger partial charge is 0.136 e. The first-order valence-corrected chi connectivity index (χ1v) is 9.83. The second-order valence-corrected chi connectivity index (χ2v) is 7.51. The summed E-state index contributed by atoms with van der Waals surface area (Å²) in [6.07, 6.45) is 6.41. The molecule has 3 heterocycles. The quantitative estimate of drug-likeness (QED) is 0.830. The molecule has 3 heteroatoms. The van der Waals surface area contributed by atoms with Gasteiger partial charge < -0.3 is 4.90 Å². The Morgan fingerprint density at radius 3 is 2.50 bits per heavy atom. The van der Waals surface area contributed by atoms with Gasteiger partial charge in [-0.1, -0.05) is 55.0 Å². The van der Waals surface area contributed by atoms with E-state index in [-0.39, 0.29) is 0 Å². The van der Waals surface area contributed by atoms with Gasteiger partial charge in [-0.15, -0.1) is 0 Å². The van der Waals surface area contributed by atoms with Crippen LogP contribution in [-0.2, 0) is 6.54 Å². The van der Waals surface area contributed by atoms with Crippen LogP contribution in [-0.4, -0.2) is 41.8 Å². The number of hydrogen-bond donors (Lipinski definition) is 0. The first kappa shape index (κ1) is 15.8. The second kappa shape index (κ2) is 6.73. The molecular weight excluding hydrogens is 318 g/mol. The van der Waals surface area contributed by atoms with E-state index < -0.39 is 0 Å². The van der Waals surface area contributed by atoms with Crippen LogP contribution in [0, 0.1) is 0 Å². The summed E-state index contributed by atoms with van der Waals surface area (Å²) in [5.41, 5.74) is 6.52. The van der Waals surface area contributed by atoms with Crippen LogP contribution < -0.4 is 0 Å². The van der Waals surface area contributed by atoms with Crippen LogP contribution in [0.25, 0.3) is 11.8 Å². The number of benzene rings is 2. The van der Waals surface area contributed by atoms with Gasteiger partial charge in [0.05, 0.1) is 12.2 Å². The van der Waals surface area contributed by atoms with Crippen LogP contribution in [0.3, 0.4) is 0 Å². The Hall–Kier alpha value is -2.39. The van der Waals surface area contributed by atoms with Crippen molar-refractivity contribution in [1.82, 2.24) is 9.80 Å². The van der Waals surface area contributed by atoms with Crippen molar-refractivity contribution < 1.29 is 0 Å². The average Bonchev–Trinajstić information content (AvgIpc) is 3.19. The van der Waals surface area contributed by atoms with E-state index in [0.717, 1.165) is 25.5 Å². The van der Waals surface area contributed by atoms with Gasteiger partial charge in [-0.25, -0.2) is 0 Å². The Kier molecular flexibility index (Phi) is 4.10.